The summed E-state index contributed by atoms with van der Waals surface area (Å²) in [5, 5.41) is 6.96. The molecule has 9 aromatic carbocycles. The zero-order valence-electron chi connectivity index (χ0n) is 46.1. The van der Waals surface area contributed by atoms with Gasteiger partial charge < -0.3 is 4.40 Å². The fourth-order valence-corrected chi connectivity index (χ4v) is 12.8. The van der Waals surface area contributed by atoms with Crippen molar-refractivity contribution in [1.29, 1.82) is 0 Å². The molecule has 0 aliphatic rings. The molecule has 14 rings (SSSR count). The average Bonchev–Trinajstić information content (AvgIpc) is 3.63. The Balaban J connectivity index is 0.960. The fourth-order valence-electron chi connectivity index (χ4n) is 11.7. The number of nitrogens with zero attached hydrogens (tertiary/aromatic N) is 5. The zero-order valence-corrected chi connectivity index (χ0v) is 45.4. The number of fused-ring (bicyclic) bond motifs is 10. The molecular formula is C69H55N5OPt. The van der Waals surface area contributed by atoms with Gasteiger partial charge in [0, 0.05) is 27.7 Å². The van der Waals surface area contributed by atoms with Crippen LogP contribution in [0.4, 0.5) is 0 Å². The minimum atomic E-state index is -2.48. The Kier molecular flexibility index (Phi) is 9.68. The number of aryl methyl sites for hydroxylation is 1. The Morgan fingerprint density at radius 3 is 1.80 bits per heavy atom. The second-order valence-corrected chi connectivity index (χ2v) is 23.2. The van der Waals surface area contributed by atoms with Gasteiger partial charge >= 0.3 is 356 Å². The summed E-state index contributed by atoms with van der Waals surface area (Å²) in [4.78, 5) is 4.90. The number of hydrogen-bond donors (Lipinski definition) is 0. The Hall–Kier alpha value is -8.31. The van der Waals surface area contributed by atoms with Gasteiger partial charge in [-0.2, -0.15) is 0 Å². The van der Waals surface area contributed by atoms with E-state index in [0.29, 0.717) is 5.75 Å². The Morgan fingerprint density at radius 1 is 0.461 bits per heavy atom. The predicted molar refractivity (Wildman–Crippen MR) is 312 cm³/mol. The number of rotatable bonds is 7. The van der Waals surface area contributed by atoms with Crippen LogP contribution in [0.3, 0.4) is 0 Å². The summed E-state index contributed by atoms with van der Waals surface area (Å²) in [5.41, 5.74) is 16.1. The monoisotopic (exact) mass is 1170 g/mol. The van der Waals surface area contributed by atoms with Crippen molar-refractivity contribution < 1.29 is 28.2 Å². The predicted octanol–water partition coefficient (Wildman–Crippen LogP) is 18.2. The van der Waals surface area contributed by atoms with Crippen molar-refractivity contribution in [2.45, 2.75) is 59.2 Å². The maximum atomic E-state index is 8.83. The molecule has 0 bridgehead atoms. The molecule has 14 aromatic rings. The van der Waals surface area contributed by atoms with E-state index < -0.39 is 6.85 Å². The molecule has 0 aliphatic carbocycles. The maximum Gasteiger partial charge on any atom is 0.0620 e. The van der Waals surface area contributed by atoms with E-state index in [1.54, 1.807) is 6.07 Å². The van der Waals surface area contributed by atoms with Crippen LogP contribution in [0.25, 0.3) is 110 Å². The number of benzene rings is 9. The summed E-state index contributed by atoms with van der Waals surface area (Å²) in [7, 11) is 0. The number of imidazole rings is 1. The first-order valence-electron chi connectivity index (χ1n) is 27.4. The molecule has 76 heavy (non-hydrogen) atoms. The fraction of sp³-hybridized carbons (Fsp3) is 0.130. The first kappa shape index (κ1) is 43.0. The summed E-state index contributed by atoms with van der Waals surface area (Å²) in [6.45, 7) is 11.2. The molecule has 5 aromatic heterocycles. The summed E-state index contributed by atoms with van der Waals surface area (Å²) in [5.74, 6) is 1.51. The van der Waals surface area contributed by atoms with Crippen LogP contribution in [-0.4, -0.2) is 23.1 Å². The van der Waals surface area contributed by atoms with Gasteiger partial charge in [0.1, 0.15) is 0 Å². The Morgan fingerprint density at radius 2 is 1.08 bits per heavy atom. The first-order chi connectivity index (χ1) is 38.0. The van der Waals surface area contributed by atoms with Crippen LogP contribution in [0.1, 0.15) is 62.3 Å². The molecule has 0 amide bonds. The molecule has 7 heteroatoms. The van der Waals surface area contributed by atoms with Gasteiger partial charge in [-0.3, -0.25) is 0 Å². The topological polar surface area (TPSA) is 41.3 Å². The van der Waals surface area contributed by atoms with Crippen LogP contribution in [-0.2, 0) is 30.2 Å². The number of para-hydroxylation sites is 5. The number of aromatic nitrogens is 5. The molecule has 0 unspecified atom stereocenters. The molecule has 372 valence electrons. The third-order valence-corrected chi connectivity index (χ3v) is 16.5. The van der Waals surface area contributed by atoms with E-state index in [0.717, 1.165) is 81.6 Å². The molecule has 0 atom stereocenters. The van der Waals surface area contributed by atoms with Gasteiger partial charge in [-0.15, -0.1) is 0 Å². The van der Waals surface area contributed by atoms with Crippen LogP contribution >= 0.6 is 0 Å². The zero-order chi connectivity index (χ0) is 54.3. The van der Waals surface area contributed by atoms with Crippen LogP contribution < -0.4 is 4.74 Å². The van der Waals surface area contributed by atoms with Gasteiger partial charge in [0.2, 0.25) is 0 Å². The van der Waals surface area contributed by atoms with Crippen molar-refractivity contribution in [2.24, 2.45) is 0 Å². The van der Waals surface area contributed by atoms with E-state index in [1.807, 2.05) is 48.7 Å². The van der Waals surface area contributed by atoms with Gasteiger partial charge in [0.15, 0.2) is 0 Å². The Bertz CT molecular complexity index is 4810. The van der Waals surface area contributed by atoms with E-state index in [9.17, 15) is 0 Å². The van der Waals surface area contributed by atoms with Crippen molar-refractivity contribution in [3.8, 4) is 50.9 Å². The van der Waals surface area contributed by atoms with Crippen molar-refractivity contribution in [1.82, 2.24) is 23.1 Å². The molecule has 0 spiro atoms. The van der Waals surface area contributed by atoms with Crippen LogP contribution in [0.2, 0.25) is 0 Å². The normalized spacial score (nSPS) is 13.2. The minimum Gasteiger partial charge on any atom is 0.0620 e. The van der Waals surface area contributed by atoms with Gasteiger partial charge in [-0.25, -0.2) is 0 Å². The SMILES string of the molecule is [2H]C([2H])([2H])c1ccc(-n2[c](=[Pt])n(-c3c(-c4ccccc4)cccc3-c3cc(C(C)(C)C)cc(C(C)(C)C)c3)c3ccccc32)cc1Oc1ccc2c3cc4c5cccc6c7ccccc7n(c4cc3n(-c3ccccn3)c2c1)c65. The third-order valence-electron chi connectivity index (χ3n) is 15.4. The van der Waals surface area contributed by atoms with E-state index in [2.05, 4.69) is 231 Å². The largest absolute Gasteiger partial charge is 0.0620 e. The molecule has 0 saturated heterocycles. The Labute approximate surface area is 456 Å². The molecule has 0 aliphatic heterocycles. The first-order valence-corrected chi connectivity index (χ1v) is 27.1. The second kappa shape index (κ2) is 17.1. The minimum absolute atomic E-state index is 0.0883. The summed E-state index contributed by atoms with van der Waals surface area (Å²) in [6.07, 6.45) is 1.82. The van der Waals surface area contributed by atoms with Gasteiger partial charge in [0.25, 0.3) is 0 Å². The van der Waals surface area contributed by atoms with E-state index in [1.165, 1.54) is 43.7 Å². The molecular weight excluding hydrogens is 1110 g/mol. The summed E-state index contributed by atoms with van der Waals surface area (Å²) < 4.78 is 43.5. The van der Waals surface area contributed by atoms with E-state index in [4.69, 9.17) is 13.8 Å². The van der Waals surface area contributed by atoms with Crippen LogP contribution in [0.5, 0.6) is 11.5 Å². The van der Waals surface area contributed by atoms with Crippen molar-refractivity contribution in [2.75, 3.05) is 0 Å². The van der Waals surface area contributed by atoms with Crippen molar-refractivity contribution in [3.63, 3.8) is 0 Å². The molecule has 0 N–H and O–H groups in total. The van der Waals surface area contributed by atoms with E-state index >= 15 is 0 Å². The number of hydrogen-bond acceptors (Lipinski definition) is 2. The average molecular weight is 1170 g/mol. The van der Waals surface area contributed by atoms with Crippen LogP contribution in [0, 0.1) is 10.7 Å². The molecule has 6 nitrogen and oxygen atoms in total. The number of ether oxygens (including phenoxy) is 1. The summed E-state index contributed by atoms with van der Waals surface area (Å²) >= 11 is 2.45. The van der Waals surface area contributed by atoms with Gasteiger partial charge in [-0.1, -0.05) is 42.5 Å². The van der Waals surface area contributed by atoms with Gasteiger partial charge in [0.05, 0.1) is 16.6 Å². The van der Waals surface area contributed by atoms with E-state index in [-0.39, 0.29) is 22.1 Å². The van der Waals surface area contributed by atoms with Gasteiger partial charge in [-0.05, 0) is 12.1 Å². The standard InChI is InChI=1S/C69H55N5O.Pt/c1-43-30-31-48(71-42-72(60-28-14-13-27-59(60)71)66-50(44-19-9-8-10-20-44)22-17-23-51(66)45-35-46(68(2,3)4)37-47(36-45)69(5,6)7)38-64(43)75-49-32-33-53-56-40-57-55-25-18-24-54-52-21-11-12-26-58(52)74(67(54)55)63(57)41-62(56)73(61(53)39-49)65-29-15-16-34-70-65;/h8-41H,1-7H3;/i1D3;. The number of pyridine rings is 1. The molecule has 0 fully saturated rings. The quantitative estimate of drug-likeness (QED) is 0.160. The molecule has 0 saturated carbocycles. The third kappa shape index (κ3) is 7.18. The molecule has 5 heterocycles. The smallest absolute Gasteiger partial charge is 0.0620 e. The van der Waals surface area contributed by atoms with Crippen molar-refractivity contribution >= 4 is 70.9 Å². The van der Waals surface area contributed by atoms with Crippen LogP contribution in [0.15, 0.2) is 206 Å². The summed E-state index contributed by atoms with van der Waals surface area (Å²) in [6, 6.07) is 70.2. The van der Waals surface area contributed by atoms with Crippen molar-refractivity contribution in [3.05, 3.63) is 227 Å². The molecule has 0 radical (unpaired) electrons. The maximum absolute atomic E-state index is 8.83. The second-order valence-electron chi connectivity index (χ2n) is 22.2.